The number of nitro benzene ring substituents is 1. The summed E-state index contributed by atoms with van der Waals surface area (Å²) in [5.74, 6) is -0.397. The van der Waals surface area contributed by atoms with Crippen LogP contribution in [0.15, 0.2) is 18.2 Å². The number of anilines is 1. The lowest BCUT2D eigenvalue weighted by atomic mass is 10.2. The Hall–Kier alpha value is -2.29. The number of carbonyl (C=O) groups excluding carboxylic acids is 1. The number of aryl methyl sites for hydroxylation is 1. The van der Waals surface area contributed by atoms with Crippen LogP contribution in [0.3, 0.4) is 0 Å². The van der Waals surface area contributed by atoms with E-state index in [0.29, 0.717) is 22.9 Å². The lowest BCUT2D eigenvalue weighted by Gasteiger charge is -2.21. The van der Waals surface area contributed by atoms with Gasteiger partial charge in [0.2, 0.25) is 0 Å². The number of carboxylic acid groups (broad SMARTS) is 1. The van der Waals surface area contributed by atoms with E-state index >= 15 is 0 Å². The molecule has 2 rings (SSSR count). The average molecular weight is 311 g/mol. The van der Waals surface area contributed by atoms with Crippen molar-refractivity contribution < 1.29 is 19.6 Å². The highest BCUT2D eigenvalue weighted by Crippen LogP contribution is 2.24. The van der Waals surface area contributed by atoms with Gasteiger partial charge in [-0.25, -0.2) is 9.59 Å². The molecule has 0 bridgehead atoms. The van der Waals surface area contributed by atoms with Gasteiger partial charge in [-0.1, -0.05) is 0 Å². The van der Waals surface area contributed by atoms with Crippen molar-refractivity contribution in [2.24, 2.45) is 0 Å². The van der Waals surface area contributed by atoms with Gasteiger partial charge < -0.3 is 15.3 Å². The molecule has 0 spiro atoms. The quantitative estimate of drug-likeness (QED) is 0.651. The number of carboxylic acids is 1. The van der Waals surface area contributed by atoms with Crippen molar-refractivity contribution in [3.8, 4) is 0 Å². The molecule has 8 nitrogen and oxygen atoms in total. The Morgan fingerprint density at radius 3 is 2.81 bits per heavy atom. The second-order valence-electron chi connectivity index (χ2n) is 4.51. The number of urea groups is 1. The summed E-state index contributed by atoms with van der Waals surface area (Å²) in [6.45, 7) is 1.57. The fourth-order valence-electron chi connectivity index (χ4n) is 1.98. The number of nitrogens with one attached hydrogen (secondary N) is 1. The number of nitrogens with zero attached hydrogens (tertiary/aromatic N) is 2. The molecule has 0 unspecified atom stereocenters. The number of benzene rings is 1. The van der Waals surface area contributed by atoms with Gasteiger partial charge in [0.25, 0.3) is 5.69 Å². The molecule has 1 aromatic rings. The third-order valence-electron chi connectivity index (χ3n) is 3.07. The van der Waals surface area contributed by atoms with Gasteiger partial charge in [-0.15, -0.1) is 11.8 Å². The van der Waals surface area contributed by atoms with E-state index in [0.717, 1.165) is 0 Å². The molecule has 1 fully saturated rings. The van der Waals surface area contributed by atoms with Crippen LogP contribution >= 0.6 is 11.8 Å². The topological polar surface area (TPSA) is 113 Å². The van der Waals surface area contributed by atoms with E-state index in [2.05, 4.69) is 5.32 Å². The summed E-state index contributed by atoms with van der Waals surface area (Å²) in [6, 6.07) is 2.82. The molecule has 1 atom stereocenters. The van der Waals surface area contributed by atoms with E-state index in [1.54, 1.807) is 6.92 Å². The monoisotopic (exact) mass is 311 g/mol. The molecule has 1 aliphatic heterocycles. The van der Waals surface area contributed by atoms with E-state index in [-0.39, 0.29) is 5.69 Å². The molecule has 0 aromatic heterocycles. The zero-order valence-electron chi connectivity index (χ0n) is 11.1. The molecule has 1 saturated heterocycles. The minimum absolute atomic E-state index is 0.0341. The standard InChI is InChI=1S/C12H13N3O5S/c1-7-4-8(2-3-9(7)15(19)20)13-12(18)14-6-21-5-10(14)11(16)17/h2-4,10H,5-6H2,1H3,(H,13,18)(H,16,17)/t10-/m0/s1. The number of thioether (sulfide) groups is 1. The highest BCUT2D eigenvalue weighted by atomic mass is 32.2. The predicted molar refractivity (Wildman–Crippen MR) is 77.4 cm³/mol. The molecule has 2 N–H and O–H groups in total. The highest BCUT2D eigenvalue weighted by molar-refractivity contribution is 7.99. The number of nitro groups is 1. The number of hydrogen-bond acceptors (Lipinski definition) is 5. The Bertz CT molecular complexity index is 607. The van der Waals surface area contributed by atoms with Crippen LogP contribution in [-0.4, -0.2) is 44.6 Å². The maximum atomic E-state index is 12.1. The molecule has 0 radical (unpaired) electrons. The Labute approximate surface area is 124 Å². The Morgan fingerprint density at radius 2 is 2.24 bits per heavy atom. The van der Waals surface area contributed by atoms with Crippen LogP contribution in [0.2, 0.25) is 0 Å². The van der Waals surface area contributed by atoms with E-state index in [1.165, 1.54) is 34.9 Å². The van der Waals surface area contributed by atoms with Crippen molar-refractivity contribution >= 4 is 35.1 Å². The summed E-state index contributed by atoms with van der Waals surface area (Å²) < 4.78 is 0. The van der Waals surface area contributed by atoms with Crippen molar-refractivity contribution in [1.82, 2.24) is 4.90 Å². The van der Waals surface area contributed by atoms with Crippen LogP contribution in [0.25, 0.3) is 0 Å². The van der Waals surface area contributed by atoms with Gasteiger partial charge in [-0.3, -0.25) is 10.1 Å². The summed E-state index contributed by atoms with van der Waals surface area (Å²) >= 11 is 1.36. The van der Waals surface area contributed by atoms with Crippen LogP contribution in [-0.2, 0) is 4.79 Å². The fourth-order valence-corrected chi connectivity index (χ4v) is 3.13. The van der Waals surface area contributed by atoms with Gasteiger partial charge in [0, 0.05) is 23.1 Å². The van der Waals surface area contributed by atoms with Crippen molar-refractivity contribution in [1.29, 1.82) is 0 Å². The van der Waals surface area contributed by atoms with Gasteiger partial charge in [0.15, 0.2) is 0 Å². The molecule has 1 heterocycles. The summed E-state index contributed by atoms with van der Waals surface area (Å²) in [5, 5.41) is 22.3. The van der Waals surface area contributed by atoms with Crippen molar-refractivity contribution in [3.63, 3.8) is 0 Å². The zero-order valence-corrected chi connectivity index (χ0v) is 11.9. The first kappa shape index (κ1) is 15.1. The first-order valence-electron chi connectivity index (χ1n) is 6.03. The predicted octanol–water partition coefficient (Wildman–Crippen LogP) is 1.89. The molecule has 2 amide bonds. The lowest BCUT2D eigenvalue weighted by molar-refractivity contribution is -0.385. The molecular weight excluding hydrogens is 298 g/mol. The van der Waals surface area contributed by atoms with Crippen molar-refractivity contribution in [3.05, 3.63) is 33.9 Å². The Balaban J connectivity index is 2.11. The van der Waals surface area contributed by atoms with Crippen LogP contribution in [0.4, 0.5) is 16.2 Å². The van der Waals surface area contributed by atoms with E-state index in [4.69, 9.17) is 5.11 Å². The number of rotatable bonds is 3. The van der Waals surface area contributed by atoms with Crippen LogP contribution in [0.5, 0.6) is 0 Å². The third kappa shape index (κ3) is 3.24. The normalized spacial score (nSPS) is 17.6. The molecule has 0 saturated carbocycles. The molecule has 9 heteroatoms. The van der Waals surface area contributed by atoms with Gasteiger partial charge >= 0.3 is 12.0 Å². The second kappa shape index (κ2) is 6.00. The van der Waals surface area contributed by atoms with E-state index in [1.807, 2.05) is 0 Å². The number of carbonyl (C=O) groups is 2. The Morgan fingerprint density at radius 1 is 1.52 bits per heavy atom. The van der Waals surface area contributed by atoms with Crippen molar-refractivity contribution in [2.75, 3.05) is 16.9 Å². The maximum Gasteiger partial charge on any atom is 0.327 e. The minimum atomic E-state index is -1.05. The summed E-state index contributed by atoms with van der Waals surface area (Å²) in [7, 11) is 0. The summed E-state index contributed by atoms with van der Waals surface area (Å²) in [6.07, 6.45) is 0. The SMILES string of the molecule is Cc1cc(NC(=O)N2CSC[C@H]2C(=O)O)ccc1[N+](=O)[O-]. The lowest BCUT2D eigenvalue weighted by Crippen LogP contribution is -2.43. The number of aliphatic carboxylic acids is 1. The van der Waals surface area contributed by atoms with Gasteiger partial charge in [-0.05, 0) is 19.1 Å². The fraction of sp³-hybridized carbons (Fsp3) is 0.333. The van der Waals surface area contributed by atoms with Crippen LogP contribution in [0, 0.1) is 17.0 Å². The maximum absolute atomic E-state index is 12.1. The highest BCUT2D eigenvalue weighted by Gasteiger charge is 2.34. The summed E-state index contributed by atoms with van der Waals surface area (Å²) in [4.78, 5) is 34.5. The van der Waals surface area contributed by atoms with Gasteiger partial charge in [0.05, 0.1) is 10.8 Å². The van der Waals surface area contributed by atoms with E-state index < -0.39 is 23.0 Å². The second-order valence-corrected chi connectivity index (χ2v) is 5.51. The number of hydrogen-bond donors (Lipinski definition) is 2. The molecule has 112 valence electrons. The molecule has 1 aromatic carbocycles. The minimum Gasteiger partial charge on any atom is -0.480 e. The van der Waals surface area contributed by atoms with Crippen LogP contribution in [0.1, 0.15) is 5.56 Å². The molecule has 21 heavy (non-hydrogen) atoms. The van der Waals surface area contributed by atoms with Crippen molar-refractivity contribution in [2.45, 2.75) is 13.0 Å². The average Bonchev–Trinajstić information content (AvgIpc) is 2.87. The van der Waals surface area contributed by atoms with Crippen LogP contribution < -0.4 is 5.32 Å². The first-order chi connectivity index (χ1) is 9.90. The molecule has 1 aliphatic rings. The van der Waals surface area contributed by atoms with Gasteiger partial charge in [0.1, 0.15) is 6.04 Å². The zero-order chi connectivity index (χ0) is 15.6. The Kier molecular flexibility index (Phi) is 4.32. The van der Waals surface area contributed by atoms with Gasteiger partial charge in [-0.2, -0.15) is 0 Å². The van der Waals surface area contributed by atoms with E-state index in [9.17, 15) is 19.7 Å². The summed E-state index contributed by atoms with van der Waals surface area (Å²) in [5.41, 5.74) is 0.778. The number of amides is 2. The smallest absolute Gasteiger partial charge is 0.327 e. The largest absolute Gasteiger partial charge is 0.480 e. The molecule has 0 aliphatic carbocycles. The first-order valence-corrected chi connectivity index (χ1v) is 7.19. The molecular formula is C12H13N3O5S. The third-order valence-corrected chi connectivity index (χ3v) is 4.09.